The highest BCUT2D eigenvalue weighted by molar-refractivity contribution is 5.83. The second-order valence-electron chi connectivity index (χ2n) is 4.11. The molecule has 0 spiro atoms. The van der Waals surface area contributed by atoms with E-state index in [0.717, 1.165) is 12.1 Å². The average Bonchev–Trinajstić information content (AvgIpc) is 2.90. The molecule has 80 valence electrons. The number of nitrogens with zero attached hydrogens (tertiary/aromatic N) is 1. The van der Waals surface area contributed by atoms with Crippen molar-refractivity contribution < 1.29 is 0 Å². The first-order valence-corrected chi connectivity index (χ1v) is 5.37. The first-order valence-electron chi connectivity index (χ1n) is 5.37. The fourth-order valence-electron chi connectivity index (χ4n) is 2.03. The number of imidazole rings is 1. The van der Waals surface area contributed by atoms with Crippen molar-refractivity contribution in [3.8, 4) is 0 Å². The van der Waals surface area contributed by atoms with E-state index in [0.29, 0.717) is 0 Å². The van der Waals surface area contributed by atoms with Crippen molar-refractivity contribution >= 4 is 10.9 Å². The summed E-state index contributed by atoms with van der Waals surface area (Å²) < 4.78 is 0. The number of aromatic amines is 2. The first kappa shape index (κ1) is 9.21. The van der Waals surface area contributed by atoms with Gasteiger partial charge in [-0.05, 0) is 24.1 Å². The molecule has 0 saturated carbocycles. The molecule has 0 fully saturated rings. The normalized spacial score (nSPS) is 11.1. The van der Waals surface area contributed by atoms with Gasteiger partial charge in [0.25, 0.3) is 0 Å². The molecule has 2 N–H and O–H groups in total. The molecular formula is C13H13N3. The number of H-pyrrole nitrogens is 2. The quantitative estimate of drug-likeness (QED) is 0.672. The molecule has 2 aromatic heterocycles. The first-order chi connectivity index (χ1) is 7.83. The van der Waals surface area contributed by atoms with Gasteiger partial charge in [-0.1, -0.05) is 12.1 Å². The third-order valence-corrected chi connectivity index (χ3v) is 2.90. The van der Waals surface area contributed by atoms with Crippen LogP contribution in [0.15, 0.2) is 36.9 Å². The van der Waals surface area contributed by atoms with Crippen LogP contribution in [0.1, 0.15) is 16.8 Å². The highest BCUT2D eigenvalue weighted by atomic mass is 14.9. The molecule has 0 unspecified atom stereocenters. The predicted molar refractivity (Wildman–Crippen MR) is 64.4 cm³/mol. The van der Waals surface area contributed by atoms with Crippen LogP contribution in [0.25, 0.3) is 10.9 Å². The van der Waals surface area contributed by atoms with Gasteiger partial charge in [-0.3, -0.25) is 0 Å². The maximum Gasteiger partial charge on any atom is 0.0921 e. The zero-order valence-corrected chi connectivity index (χ0v) is 9.12. The van der Waals surface area contributed by atoms with Crippen LogP contribution in [0.2, 0.25) is 0 Å². The summed E-state index contributed by atoms with van der Waals surface area (Å²) >= 11 is 0. The predicted octanol–water partition coefficient (Wildman–Crippen LogP) is 2.79. The Kier molecular flexibility index (Phi) is 2.03. The van der Waals surface area contributed by atoms with Crippen LogP contribution in [0, 0.1) is 6.92 Å². The molecule has 0 amide bonds. The van der Waals surface area contributed by atoms with Crippen LogP contribution in [0.5, 0.6) is 0 Å². The van der Waals surface area contributed by atoms with E-state index in [9.17, 15) is 0 Å². The highest BCUT2D eigenvalue weighted by Crippen LogP contribution is 2.19. The second kappa shape index (κ2) is 3.52. The van der Waals surface area contributed by atoms with E-state index in [4.69, 9.17) is 0 Å². The van der Waals surface area contributed by atoms with Crippen molar-refractivity contribution in [3.05, 3.63) is 53.7 Å². The smallest absolute Gasteiger partial charge is 0.0921 e. The summed E-state index contributed by atoms with van der Waals surface area (Å²) in [7, 11) is 0. The van der Waals surface area contributed by atoms with Crippen LogP contribution < -0.4 is 0 Å². The number of nitrogens with one attached hydrogen (secondary N) is 2. The second-order valence-corrected chi connectivity index (χ2v) is 4.11. The lowest BCUT2D eigenvalue weighted by Gasteiger charge is -1.99. The van der Waals surface area contributed by atoms with Gasteiger partial charge >= 0.3 is 0 Å². The highest BCUT2D eigenvalue weighted by Gasteiger charge is 2.02. The molecule has 3 rings (SSSR count). The molecule has 0 aliphatic rings. The number of hydrogen-bond acceptors (Lipinski definition) is 1. The average molecular weight is 211 g/mol. The molecule has 3 aromatic rings. The lowest BCUT2D eigenvalue weighted by atomic mass is 10.1. The van der Waals surface area contributed by atoms with Crippen molar-refractivity contribution in [2.24, 2.45) is 0 Å². The van der Waals surface area contributed by atoms with Crippen LogP contribution in [0.3, 0.4) is 0 Å². The van der Waals surface area contributed by atoms with Crippen molar-refractivity contribution in [2.75, 3.05) is 0 Å². The Morgan fingerprint density at radius 2 is 2.19 bits per heavy atom. The Labute approximate surface area is 93.5 Å². The van der Waals surface area contributed by atoms with Gasteiger partial charge in [0, 0.05) is 35.4 Å². The summed E-state index contributed by atoms with van der Waals surface area (Å²) in [6.45, 7) is 2.12. The van der Waals surface area contributed by atoms with Gasteiger partial charge in [0.05, 0.1) is 6.33 Å². The van der Waals surface area contributed by atoms with Gasteiger partial charge in [-0.15, -0.1) is 0 Å². The fraction of sp³-hybridized carbons (Fsp3) is 0.154. The number of aryl methyl sites for hydroxylation is 1. The summed E-state index contributed by atoms with van der Waals surface area (Å²) in [5, 5.41) is 1.30. The van der Waals surface area contributed by atoms with Gasteiger partial charge in [0.15, 0.2) is 0 Å². The van der Waals surface area contributed by atoms with Crippen molar-refractivity contribution in [3.63, 3.8) is 0 Å². The Morgan fingerprint density at radius 3 is 3.00 bits per heavy atom. The molecule has 16 heavy (non-hydrogen) atoms. The molecule has 0 bridgehead atoms. The summed E-state index contributed by atoms with van der Waals surface area (Å²) in [5.41, 5.74) is 4.93. The Morgan fingerprint density at radius 1 is 1.25 bits per heavy atom. The minimum absolute atomic E-state index is 0.897. The molecular weight excluding hydrogens is 198 g/mol. The van der Waals surface area contributed by atoms with Gasteiger partial charge in [-0.2, -0.15) is 0 Å². The maximum absolute atomic E-state index is 4.02. The van der Waals surface area contributed by atoms with E-state index in [1.54, 1.807) is 6.33 Å². The van der Waals surface area contributed by atoms with E-state index in [-0.39, 0.29) is 0 Å². The molecule has 1 aromatic carbocycles. The number of aromatic nitrogens is 3. The van der Waals surface area contributed by atoms with E-state index in [1.807, 2.05) is 12.4 Å². The lowest BCUT2D eigenvalue weighted by Crippen LogP contribution is -1.87. The third-order valence-electron chi connectivity index (χ3n) is 2.90. The largest absolute Gasteiger partial charge is 0.361 e. The van der Waals surface area contributed by atoms with Crippen LogP contribution in [-0.2, 0) is 6.42 Å². The minimum atomic E-state index is 0.897. The third kappa shape index (κ3) is 1.50. The Balaban J connectivity index is 1.99. The zero-order chi connectivity index (χ0) is 11.0. The van der Waals surface area contributed by atoms with Gasteiger partial charge in [0.2, 0.25) is 0 Å². The molecule has 0 saturated heterocycles. The molecule has 0 aliphatic heterocycles. The number of rotatable bonds is 2. The van der Waals surface area contributed by atoms with Crippen LogP contribution in [0.4, 0.5) is 0 Å². The van der Waals surface area contributed by atoms with Gasteiger partial charge in [0.1, 0.15) is 0 Å². The van der Waals surface area contributed by atoms with Crippen LogP contribution >= 0.6 is 0 Å². The molecule has 3 heteroatoms. The summed E-state index contributed by atoms with van der Waals surface area (Å²) in [6.07, 6.45) is 6.52. The standard InChI is InChI=1S/C13H13N3/c1-9-6-15-13-5-10(2-3-12(9)13)4-11-7-14-8-16-11/h2-3,5-8,15H,4H2,1H3,(H,14,16). The number of benzene rings is 1. The SMILES string of the molecule is Cc1c[nH]c2cc(Cc3cnc[nH]3)ccc12. The van der Waals surface area contributed by atoms with Crippen LogP contribution in [-0.4, -0.2) is 15.0 Å². The maximum atomic E-state index is 4.02. The molecule has 2 heterocycles. The summed E-state index contributed by atoms with van der Waals surface area (Å²) in [6, 6.07) is 6.54. The Hall–Kier alpha value is -2.03. The fourth-order valence-corrected chi connectivity index (χ4v) is 2.03. The van der Waals surface area contributed by atoms with Crippen molar-refractivity contribution in [1.82, 2.24) is 15.0 Å². The monoisotopic (exact) mass is 211 g/mol. The molecule has 0 atom stereocenters. The number of fused-ring (bicyclic) bond motifs is 1. The van der Waals surface area contributed by atoms with E-state index in [2.05, 4.69) is 40.1 Å². The minimum Gasteiger partial charge on any atom is -0.361 e. The Bertz CT molecular complexity index is 605. The summed E-state index contributed by atoms with van der Waals surface area (Å²) in [5.74, 6) is 0. The topological polar surface area (TPSA) is 44.5 Å². The molecule has 0 aliphatic carbocycles. The van der Waals surface area contributed by atoms with Crippen molar-refractivity contribution in [1.29, 1.82) is 0 Å². The van der Waals surface area contributed by atoms with Gasteiger partial charge in [-0.25, -0.2) is 4.98 Å². The van der Waals surface area contributed by atoms with Gasteiger partial charge < -0.3 is 9.97 Å². The van der Waals surface area contributed by atoms with Crippen molar-refractivity contribution in [2.45, 2.75) is 13.3 Å². The molecule has 3 nitrogen and oxygen atoms in total. The number of hydrogen-bond donors (Lipinski definition) is 2. The van der Waals surface area contributed by atoms with E-state index < -0.39 is 0 Å². The van der Waals surface area contributed by atoms with E-state index >= 15 is 0 Å². The molecule has 0 radical (unpaired) electrons. The zero-order valence-electron chi connectivity index (χ0n) is 9.12. The summed E-state index contributed by atoms with van der Waals surface area (Å²) in [4.78, 5) is 10.4. The van der Waals surface area contributed by atoms with E-state index in [1.165, 1.54) is 22.0 Å². The lowest BCUT2D eigenvalue weighted by molar-refractivity contribution is 1.11.